The van der Waals surface area contributed by atoms with E-state index in [1.54, 1.807) is 6.07 Å². The van der Waals surface area contributed by atoms with Crippen molar-refractivity contribution in [3.8, 4) is 11.1 Å². The minimum absolute atomic E-state index is 0.131. The molecule has 2 aromatic rings. The fourth-order valence-corrected chi connectivity index (χ4v) is 3.30. The summed E-state index contributed by atoms with van der Waals surface area (Å²) in [6.07, 6.45) is 11.0. The first-order chi connectivity index (χ1) is 11.7. The quantitative estimate of drug-likeness (QED) is 0.566. The van der Waals surface area contributed by atoms with Crippen LogP contribution in [0.3, 0.4) is 0 Å². The van der Waals surface area contributed by atoms with Crippen molar-refractivity contribution in [2.24, 2.45) is 0 Å². The third kappa shape index (κ3) is 3.67. The van der Waals surface area contributed by atoms with Crippen LogP contribution < -0.4 is 0 Å². The molecule has 3 rings (SSSR count). The van der Waals surface area contributed by atoms with Gasteiger partial charge in [-0.2, -0.15) is 0 Å². The van der Waals surface area contributed by atoms with Gasteiger partial charge in [0.05, 0.1) is 0 Å². The van der Waals surface area contributed by atoms with Crippen molar-refractivity contribution in [1.82, 2.24) is 0 Å². The summed E-state index contributed by atoms with van der Waals surface area (Å²) in [6.45, 7) is 4.32. The van der Waals surface area contributed by atoms with E-state index in [1.807, 2.05) is 18.2 Å². The number of benzene rings is 2. The number of rotatable bonds is 5. The molecule has 1 atom stereocenters. The molecule has 1 heteroatoms. The lowest BCUT2D eigenvalue weighted by molar-refractivity contribution is 0.627. The van der Waals surface area contributed by atoms with Crippen molar-refractivity contribution < 1.29 is 4.39 Å². The normalized spacial score (nSPS) is 17.0. The van der Waals surface area contributed by atoms with Gasteiger partial charge in [0.25, 0.3) is 0 Å². The minimum Gasteiger partial charge on any atom is -0.206 e. The molecule has 0 nitrogen and oxygen atoms in total. The lowest BCUT2D eigenvalue weighted by Gasteiger charge is -2.17. The molecular weight excluding hydrogens is 295 g/mol. The van der Waals surface area contributed by atoms with E-state index in [1.165, 1.54) is 17.6 Å². The van der Waals surface area contributed by atoms with Crippen LogP contribution in [0.4, 0.5) is 4.39 Å². The molecule has 0 aliphatic heterocycles. The van der Waals surface area contributed by atoms with Crippen LogP contribution in [-0.4, -0.2) is 0 Å². The average molecular weight is 320 g/mol. The van der Waals surface area contributed by atoms with Gasteiger partial charge in [0.1, 0.15) is 5.82 Å². The van der Waals surface area contributed by atoms with Crippen molar-refractivity contribution in [3.63, 3.8) is 0 Å². The molecular formula is C23H25F. The van der Waals surface area contributed by atoms with Crippen LogP contribution in [-0.2, 0) is 6.42 Å². The SMILES string of the molecule is CCCC1=CCC(c2ccc(-c3ccc(CC)cc3)c(F)c2)C=C1. The Kier molecular flexibility index (Phi) is 5.30. The van der Waals surface area contributed by atoms with Gasteiger partial charge in [-0.25, -0.2) is 4.39 Å². The van der Waals surface area contributed by atoms with Gasteiger partial charge in [-0.05, 0) is 42.0 Å². The molecule has 2 aromatic carbocycles. The smallest absolute Gasteiger partial charge is 0.131 e. The van der Waals surface area contributed by atoms with Gasteiger partial charge in [0.15, 0.2) is 0 Å². The molecule has 0 spiro atoms. The first-order valence-corrected chi connectivity index (χ1v) is 8.97. The summed E-state index contributed by atoms with van der Waals surface area (Å²) in [5.41, 5.74) is 5.37. The molecule has 0 amide bonds. The van der Waals surface area contributed by atoms with Crippen LogP contribution in [0.1, 0.15) is 50.2 Å². The van der Waals surface area contributed by atoms with Crippen LogP contribution in [0.15, 0.2) is 66.3 Å². The Morgan fingerprint density at radius 3 is 2.42 bits per heavy atom. The Balaban J connectivity index is 1.79. The first-order valence-electron chi connectivity index (χ1n) is 8.97. The van der Waals surface area contributed by atoms with Gasteiger partial charge in [-0.15, -0.1) is 0 Å². The van der Waals surface area contributed by atoms with E-state index in [4.69, 9.17) is 0 Å². The maximum absolute atomic E-state index is 14.6. The molecule has 0 heterocycles. The molecule has 124 valence electrons. The molecule has 24 heavy (non-hydrogen) atoms. The van der Waals surface area contributed by atoms with Gasteiger partial charge in [0, 0.05) is 11.5 Å². The van der Waals surface area contributed by atoms with Gasteiger partial charge in [0.2, 0.25) is 0 Å². The van der Waals surface area contributed by atoms with Crippen molar-refractivity contribution in [2.75, 3.05) is 0 Å². The van der Waals surface area contributed by atoms with E-state index >= 15 is 0 Å². The Bertz CT molecular complexity index is 750. The minimum atomic E-state index is -0.131. The second-order valence-corrected chi connectivity index (χ2v) is 6.52. The van der Waals surface area contributed by atoms with Crippen LogP contribution in [0.2, 0.25) is 0 Å². The Labute approximate surface area is 144 Å². The second kappa shape index (κ2) is 7.61. The number of halogens is 1. The highest BCUT2D eigenvalue weighted by Crippen LogP contribution is 2.31. The van der Waals surface area contributed by atoms with E-state index in [0.29, 0.717) is 5.56 Å². The van der Waals surface area contributed by atoms with E-state index in [0.717, 1.165) is 30.4 Å². The van der Waals surface area contributed by atoms with Crippen molar-refractivity contribution >= 4 is 0 Å². The van der Waals surface area contributed by atoms with Crippen LogP contribution in [0, 0.1) is 5.82 Å². The zero-order valence-electron chi connectivity index (χ0n) is 14.6. The van der Waals surface area contributed by atoms with E-state index in [2.05, 4.69) is 50.3 Å². The highest BCUT2D eigenvalue weighted by atomic mass is 19.1. The van der Waals surface area contributed by atoms with E-state index in [9.17, 15) is 4.39 Å². The third-order valence-electron chi connectivity index (χ3n) is 4.81. The van der Waals surface area contributed by atoms with Gasteiger partial charge >= 0.3 is 0 Å². The number of aryl methyl sites for hydroxylation is 1. The fourth-order valence-electron chi connectivity index (χ4n) is 3.30. The monoisotopic (exact) mass is 320 g/mol. The van der Waals surface area contributed by atoms with Crippen molar-refractivity contribution in [3.05, 3.63) is 83.2 Å². The molecule has 0 saturated heterocycles. The highest BCUT2D eigenvalue weighted by Gasteiger charge is 2.14. The van der Waals surface area contributed by atoms with Crippen LogP contribution >= 0.6 is 0 Å². The first kappa shape index (κ1) is 16.7. The average Bonchev–Trinajstić information content (AvgIpc) is 2.63. The molecule has 1 unspecified atom stereocenters. The Hall–Kier alpha value is -2.15. The summed E-state index contributed by atoms with van der Waals surface area (Å²) in [6, 6.07) is 13.9. The van der Waals surface area contributed by atoms with Gasteiger partial charge in [-0.1, -0.05) is 80.5 Å². The predicted molar refractivity (Wildman–Crippen MR) is 101 cm³/mol. The number of hydrogen-bond donors (Lipinski definition) is 0. The summed E-state index contributed by atoms with van der Waals surface area (Å²) in [5.74, 6) is 0.158. The third-order valence-corrected chi connectivity index (χ3v) is 4.81. The number of hydrogen-bond acceptors (Lipinski definition) is 0. The zero-order chi connectivity index (χ0) is 16.9. The lowest BCUT2D eigenvalue weighted by Crippen LogP contribution is -2.00. The summed E-state index contributed by atoms with van der Waals surface area (Å²) < 4.78 is 14.6. The maximum atomic E-state index is 14.6. The summed E-state index contributed by atoms with van der Waals surface area (Å²) >= 11 is 0. The molecule has 1 aliphatic carbocycles. The zero-order valence-corrected chi connectivity index (χ0v) is 14.6. The van der Waals surface area contributed by atoms with E-state index in [-0.39, 0.29) is 11.7 Å². The fraction of sp³-hybridized carbons (Fsp3) is 0.304. The standard InChI is InChI=1S/C23H25F/c1-3-5-18-8-10-19(11-9-18)21-14-15-22(23(24)16-21)20-12-6-17(4-2)7-13-20/h6-10,12-16,19H,3-5,11H2,1-2H3. The van der Waals surface area contributed by atoms with Crippen molar-refractivity contribution in [2.45, 2.75) is 45.4 Å². The molecule has 1 aliphatic rings. The van der Waals surface area contributed by atoms with Gasteiger partial charge < -0.3 is 0 Å². The maximum Gasteiger partial charge on any atom is 0.131 e. The molecule has 0 radical (unpaired) electrons. The van der Waals surface area contributed by atoms with Crippen molar-refractivity contribution in [1.29, 1.82) is 0 Å². The Morgan fingerprint density at radius 2 is 1.83 bits per heavy atom. The lowest BCUT2D eigenvalue weighted by atomic mass is 9.88. The molecule has 0 N–H and O–H groups in total. The largest absolute Gasteiger partial charge is 0.206 e. The second-order valence-electron chi connectivity index (χ2n) is 6.52. The molecule has 0 fully saturated rings. The van der Waals surface area contributed by atoms with Gasteiger partial charge in [-0.3, -0.25) is 0 Å². The predicted octanol–water partition coefficient (Wildman–Crippen LogP) is 6.83. The highest BCUT2D eigenvalue weighted by molar-refractivity contribution is 5.65. The number of allylic oxidation sites excluding steroid dienone is 4. The Morgan fingerprint density at radius 1 is 1.04 bits per heavy atom. The summed E-state index contributed by atoms with van der Waals surface area (Å²) in [7, 11) is 0. The topological polar surface area (TPSA) is 0 Å². The molecule has 0 saturated carbocycles. The van der Waals surface area contributed by atoms with Crippen LogP contribution in [0.25, 0.3) is 11.1 Å². The summed E-state index contributed by atoms with van der Waals surface area (Å²) in [4.78, 5) is 0. The molecule has 0 aromatic heterocycles. The molecule has 0 bridgehead atoms. The van der Waals surface area contributed by atoms with Crippen LogP contribution in [0.5, 0.6) is 0 Å². The summed E-state index contributed by atoms with van der Waals surface area (Å²) in [5, 5.41) is 0. The van der Waals surface area contributed by atoms with E-state index < -0.39 is 0 Å².